The third kappa shape index (κ3) is 6.63. The average molecular weight is 562 g/mol. The molecule has 3 rings (SSSR count). The van der Waals surface area contributed by atoms with E-state index in [0.29, 0.717) is 0 Å². The van der Waals surface area contributed by atoms with Crippen LogP contribution in [0.15, 0.2) is 71.6 Å². The van der Waals surface area contributed by atoms with Crippen molar-refractivity contribution in [1.29, 1.82) is 0 Å². The number of benzene rings is 3. The van der Waals surface area contributed by atoms with Gasteiger partial charge in [0.05, 0.1) is 24.8 Å². The molecule has 0 heterocycles. The Kier molecular flexibility index (Phi) is 9.47. The second-order valence-corrected chi connectivity index (χ2v) is 10.3. The first-order valence-corrected chi connectivity index (χ1v) is 13.2. The quantitative estimate of drug-likeness (QED) is 0.385. The molecule has 0 saturated heterocycles. The summed E-state index contributed by atoms with van der Waals surface area (Å²) in [7, 11) is -0.307. The highest BCUT2D eigenvalue weighted by Gasteiger charge is 2.33. The number of hydrogen-bond acceptors (Lipinski definition) is 6. The van der Waals surface area contributed by atoms with E-state index in [1.807, 2.05) is 0 Å². The molecular formula is C27H29F2N3O6S. The van der Waals surface area contributed by atoms with Crippen molar-refractivity contribution < 1.29 is 36.3 Å². The molecule has 0 aromatic heterocycles. The minimum absolute atomic E-state index is 0.00188. The largest absolute Gasteiger partial charge is 0.493 e. The van der Waals surface area contributed by atoms with E-state index in [0.717, 1.165) is 21.3 Å². The van der Waals surface area contributed by atoms with Gasteiger partial charge in [-0.1, -0.05) is 18.2 Å². The molecule has 0 spiro atoms. The number of amides is 2. The number of sulfonamides is 1. The fourth-order valence-electron chi connectivity index (χ4n) is 3.84. The molecule has 39 heavy (non-hydrogen) atoms. The molecular weight excluding hydrogens is 532 g/mol. The van der Waals surface area contributed by atoms with Gasteiger partial charge < -0.3 is 19.7 Å². The van der Waals surface area contributed by atoms with Gasteiger partial charge in [0.1, 0.15) is 24.2 Å². The Hall–Kier alpha value is -4.19. The van der Waals surface area contributed by atoms with Crippen molar-refractivity contribution in [3.05, 3.63) is 83.9 Å². The van der Waals surface area contributed by atoms with Gasteiger partial charge >= 0.3 is 0 Å². The number of carbonyl (C=O) groups excluding carboxylic acids is 2. The third-order valence-corrected chi connectivity index (χ3v) is 7.82. The number of anilines is 1. The fraction of sp³-hybridized carbons (Fsp3) is 0.259. The molecule has 0 radical (unpaired) electrons. The van der Waals surface area contributed by atoms with Crippen molar-refractivity contribution in [3.8, 4) is 11.5 Å². The lowest BCUT2D eigenvalue weighted by Gasteiger charge is -2.32. The summed E-state index contributed by atoms with van der Waals surface area (Å²) in [6, 6.07) is 13.1. The topological polar surface area (TPSA) is 105 Å². The first kappa shape index (κ1) is 29.4. The van der Waals surface area contributed by atoms with Crippen molar-refractivity contribution in [3.63, 3.8) is 0 Å². The van der Waals surface area contributed by atoms with Crippen molar-refractivity contribution in [2.75, 3.05) is 32.1 Å². The average Bonchev–Trinajstić information content (AvgIpc) is 2.94. The lowest BCUT2D eigenvalue weighted by atomic mass is 10.1. The van der Waals surface area contributed by atoms with E-state index in [-0.39, 0.29) is 34.2 Å². The molecule has 0 fully saturated rings. The van der Waals surface area contributed by atoms with E-state index >= 15 is 0 Å². The Morgan fingerprint density at radius 1 is 0.949 bits per heavy atom. The zero-order chi connectivity index (χ0) is 28.7. The smallest absolute Gasteiger partial charge is 0.264 e. The molecule has 208 valence electrons. The van der Waals surface area contributed by atoms with E-state index in [2.05, 4.69) is 5.32 Å². The van der Waals surface area contributed by atoms with Gasteiger partial charge in [0, 0.05) is 25.2 Å². The van der Waals surface area contributed by atoms with Crippen LogP contribution in [0.2, 0.25) is 0 Å². The normalized spacial score (nSPS) is 11.8. The van der Waals surface area contributed by atoms with Crippen LogP contribution in [-0.2, 0) is 26.2 Å². The van der Waals surface area contributed by atoms with Gasteiger partial charge in [-0.15, -0.1) is 0 Å². The molecule has 0 aliphatic rings. The molecule has 1 atom stereocenters. The summed E-state index contributed by atoms with van der Waals surface area (Å²) in [5.74, 6) is -2.09. The maximum atomic E-state index is 14.5. The maximum Gasteiger partial charge on any atom is 0.264 e. The van der Waals surface area contributed by atoms with E-state index < -0.39 is 46.1 Å². The Labute approximate surface area is 226 Å². The molecule has 3 aromatic carbocycles. The molecule has 0 aliphatic carbocycles. The summed E-state index contributed by atoms with van der Waals surface area (Å²) in [5, 5.41) is 2.45. The summed E-state index contributed by atoms with van der Waals surface area (Å²) in [6.07, 6.45) is 0. The molecule has 0 saturated carbocycles. The zero-order valence-electron chi connectivity index (χ0n) is 21.9. The third-order valence-electron chi connectivity index (χ3n) is 6.05. The second-order valence-electron chi connectivity index (χ2n) is 8.41. The van der Waals surface area contributed by atoms with Gasteiger partial charge in [0.25, 0.3) is 10.0 Å². The number of ether oxygens (including phenoxy) is 2. The first-order valence-electron chi connectivity index (χ1n) is 11.8. The van der Waals surface area contributed by atoms with Crippen LogP contribution < -0.4 is 19.1 Å². The first-order chi connectivity index (χ1) is 18.5. The van der Waals surface area contributed by atoms with E-state index in [9.17, 15) is 26.8 Å². The van der Waals surface area contributed by atoms with Crippen LogP contribution in [0, 0.1) is 11.6 Å². The SMILES string of the molecule is CNC(=O)[C@H](C)N(Cc1ccccc1F)C(=O)CN(c1ccc(F)cc1)S(=O)(=O)c1ccc(OC)c(OC)c1. The summed E-state index contributed by atoms with van der Waals surface area (Å²) in [5.41, 5.74) is 0.135. The fourth-order valence-corrected chi connectivity index (χ4v) is 5.27. The maximum absolute atomic E-state index is 14.5. The van der Waals surface area contributed by atoms with Gasteiger partial charge in [-0.3, -0.25) is 13.9 Å². The minimum Gasteiger partial charge on any atom is -0.493 e. The van der Waals surface area contributed by atoms with Crippen molar-refractivity contribution >= 4 is 27.5 Å². The number of nitrogens with zero attached hydrogens (tertiary/aromatic N) is 2. The van der Waals surface area contributed by atoms with Crippen molar-refractivity contribution in [2.24, 2.45) is 0 Å². The van der Waals surface area contributed by atoms with Gasteiger partial charge in [0.2, 0.25) is 11.8 Å². The summed E-state index contributed by atoms with van der Waals surface area (Å²) < 4.78 is 67.1. The monoisotopic (exact) mass is 561 g/mol. The Balaban J connectivity index is 2.08. The predicted molar refractivity (Wildman–Crippen MR) is 141 cm³/mol. The van der Waals surface area contributed by atoms with Gasteiger partial charge in [-0.05, 0) is 49.4 Å². The number of carbonyl (C=O) groups is 2. The van der Waals surface area contributed by atoms with Crippen LogP contribution >= 0.6 is 0 Å². The summed E-state index contributed by atoms with van der Waals surface area (Å²) in [6.45, 7) is 0.383. The van der Waals surface area contributed by atoms with Gasteiger partial charge in [-0.2, -0.15) is 0 Å². The van der Waals surface area contributed by atoms with Crippen LogP contribution in [-0.4, -0.2) is 59.0 Å². The predicted octanol–water partition coefficient (Wildman–Crippen LogP) is 3.34. The Morgan fingerprint density at radius 2 is 1.59 bits per heavy atom. The lowest BCUT2D eigenvalue weighted by Crippen LogP contribution is -2.50. The zero-order valence-corrected chi connectivity index (χ0v) is 22.7. The van der Waals surface area contributed by atoms with E-state index in [4.69, 9.17) is 9.47 Å². The highest BCUT2D eigenvalue weighted by molar-refractivity contribution is 7.92. The van der Waals surface area contributed by atoms with Crippen LogP contribution in [0.25, 0.3) is 0 Å². The molecule has 2 amide bonds. The number of rotatable bonds is 11. The van der Waals surface area contributed by atoms with Crippen LogP contribution in [0.4, 0.5) is 14.5 Å². The van der Waals surface area contributed by atoms with Crippen LogP contribution in [0.3, 0.4) is 0 Å². The summed E-state index contributed by atoms with van der Waals surface area (Å²) in [4.78, 5) is 27.0. The Bertz CT molecular complexity index is 1430. The molecule has 12 heteroatoms. The number of halogens is 2. The number of nitrogens with one attached hydrogen (secondary N) is 1. The van der Waals surface area contributed by atoms with E-state index in [1.54, 1.807) is 6.07 Å². The number of hydrogen-bond donors (Lipinski definition) is 1. The molecule has 0 bridgehead atoms. The minimum atomic E-state index is -4.43. The standard InChI is InChI=1S/C27H29F2N3O6S/c1-18(27(34)30-2)31(16-19-7-5-6-8-23(19)29)26(33)17-32(21-11-9-20(28)10-12-21)39(35,36)22-13-14-24(37-3)25(15-22)38-4/h5-15,18H,16-17H2,1-4H3,(H,30,34)/t18-/m0/s1. The highest BCUT2D eigenvalue weighted by atomic mass is 32.2. The molecule has 1 N–H and O–H groups in total. The Morgan fingerprint density at radius 3 is 2.18 bits per heavy atom. The second kappa shape index (κ2) is 12.6. The van der Waals surface area contributed by atoms with Gasteiger partial charge in [-0.25, -0.2) is 17.2 Å². The molecule has 3 aromatic rings. The molecule has 0 aliphatic heterocycles. The van der Waals surface area contributed by atoms with Gasteiger partial charge in [0.15, 0.2) is 11.5 Å². The molecule has 9 nitrogen and oxygen atoms in total. The van der Waals surface area contributed by atoms with E-state index in [1.165, 1.54) is 76.7 Å². The number of likely N-dealkylation sites (N-methyl/N-ethyl adjacent to an activating group) is 1. The van der Waals surface area contributed by atoms with Crippen molar-refractivity contribution in [2.45, 2.75) is 24.4 Å². The van der Waals surface area contributed by atoms with Crippen LogP contribution in [0.1, 0.15) is 12.5 Å². The molecule has 0 unspecified atom stereocenters. The number of methoxy groups -OCH3 is 2. The summed E-state index contributed by atoms with van der Waals surface area (Å²) >= 11 is 0. The van der Waals surface area contributed by atoms with Crippen molar-refractivity contribution in [1.82, 2.24) is 10.2 Å². The highest BCUT2D eigenvalue weighted by Crippen LogP contribution is 2.32. The van der Waals surface area contributed by atoms with Crippen LogP contribution in [0.5, 0.6) is 11.5 Å². The lowest BCUT2D eigenvalue weighted by molar-refractivity contribution is -0.139.